The molecular formula is C20H29B3O16P2. The predicted octanol–water partition coefficient (Wildman–Crippen LogP) is -2.36. The van der Waals surface area contributed by atoms with Crippen LogP contribution in [0.3, 0.4) is 0 Å². The summed E-state index contributed by atoms with van der Waals surface area (Å²) < 4.78 is 91.9. The lowest BCUT2D eigenvalue weighted by atomic mass is 9.92. The van der Waals surface area contributed by atoms with Crippen molar-refractivity contribution in [1.29, 1.82) is 0 Å². The molecule has 6 bridgehead atoms. The summed E-state index contributed by atoms with van der Waals surface area (Å²) in [5.41, 5.74) is -4.09. The standard InChI is InChI=1S/C20H29B3O16P2/c1-28-3-18-4-31-10(16(22)35-18)13(18)38-41(26,27)34-8-20-6-32-11(17(23)37-20)14(20)39-40(24,25)33-7-19-5-30-9(12(19)29-2)15(21)36-19/h9-17H,3-8H2,1-2H3,(H,24,25)(H,26,27)/t9-,10-,11-,12?,13?,14?,15+,16+,17+,18+,19-,20-/m0/s1. The normalized spacial score (nSPS) is 50.9. The lowest BCUT2D eigenvalue weighted by Crippen LogP contribution is -2.47. The second-order valence-corrected chi connectivity index (χ2v) is 13.7. The van der Waals surface area contributed by atoms with Gasteiger partial charge in [-0.15, -0.1) is 0 Å². The molecule has 0 aromatic rings. The average molecular weight is 620 g/mol. The lowest BCUT2D eigenvalue weighted by molar-refractivity contribution is -0.145. The van der Waals surface area contributed by atoms with E-state index in [1.807, 2.05) is 0 Å². The first kappa shape index (κ1) is 31.1. The van der Waals surface area contributed by atoms with Crippen molar-refractivity contribution in [2.24, 2.45) is 0 Å². The van der Waals surface area contributed by atoms with E-state index in [1.54, 1.807) is 0 Å². The molecule has 0 aliphatic carbocycles. The van der Waals surface area contributed by atoms with Crippen LogP contribution < -0.4 is 0 Å². The van der Waals surface area contributed by atoms with Crippen molar-refractivity contribution in [3.63, 3.8) is 0 Å². The maximum Gasteiger partial charge on any atom is 0.472 e. The van der Waals surface area contributed by atoms with Gasteiger partial charge in [0.2, 0.25) is 0 Å². The van der Waals surface area contributed by atoms with E-state index < -0.39 is 100 Å². The zero-order valence-electron chi connectivity index (χ0n) is 22.2. The van der Waals surface area contributed by atoms with Gasteiger partial charge in [0.25, 0.3) is 0 Å². The van der Waals surface area contributed by atoms with E-state index in [-0.39, 0.29) is 26.4 Å². The van der Waals surface area contributed by atoms with Crippen molar-refractivity contribution in [1.82, 2.24) is 0 Å². The summed E-state index contributed by atoms with van der Waals surface area (Å²) in [6.45, 7) is -1.32. The van der Waals surface area contributed by atoms with Crippen LogP contribution in [0.2, 0.25) is 0 Å². The van der Waals surface area contributed by atoms with E-state index in [0.717, 1.165) is 0 Å². The SMILES string of the molecule is [B][C@@H]1O[C@]2(COP(=O)(O)OC3[C@@H]4OC[C@@]3(COP(=O)(O)OC3[C@@H]5OC[C@@]3(COC)O[C@H]5[B])O[C@H]4[B])CO[C@H]1C2OC. The van der Waals surface area contributed by atoms with Crippen LogP contribution >= 0.6 is 15.6 Å². The first-order valence-corrected chi connectivity index (χ1v) is 15.8. The summed E-state index contributed by atoms with van der Waals surface area (Å²) in [6.07, 6.45) is -5.47. The van der Waals surface area contributed by atoms with Gasteiger partial charge >= 0.3 is 15.6 Å². The first-order valence-electron chi connectivity index (χ1n) is 12.8. The molecule has 5 unspecified atom stereocenters. The molecule has 16 nitrogen and oxygen atoms in total. The molecule has 0 aromatic heterocycles. The molecule has 6 aliphatic rings. The maximum atomic E-state index is 13.1. The molecule has 0 aromatic carbocycles. The summed E-state index contributed by atoms with van der Waals surface area (Å²) in [4.78, 5) is 21.2. The number of hydrogen-bond acceptors (Lipinski definition) is 14. The Morgan fingerprint density at radius 1 is 0.683 bits per heavy atom. The van der Waals surface area contributed by atoms with Crippen LogP contribution in [0.1, 0.15) is 0 Å². The predicted molar refractivity (Wildman–Crippen MR) is 133 cm³/mol. The second kappa shape index (κ2) is 10.9. The van der Waals surface area contributed by atoms with Gasteiger partial charge in [0.15, 0.2) is 0 Å². The minimum Gasteiger partial charge on any atom is -0.381 e. The molecule has 0 spiro atoms. The van der Waals surface area contributed by atoms with Crippen molar-refractivity contribution in [2.75, 3.05) is 53.9 Å². The van der Waals surface area contributed by atoms with Gasteiger partial charge in [0, 0.05) is 32.2 Å². The fourth-order valence-electron chi connectivity index (χ4n) is 6.35. The summed E-state index contributed by atoms with van der Waals surface area (Å²) in [6, 6.07) is -2.83. The van der Waals surface area contributed by atoms with Crippen molar-refractivity contribution in [2.45, 2.75) is 71.4 Å². The van der Waals surface area contributed by atoms with Crippen molar-refractivity contribution in [3.05, 3.63) is 0 Å². The number of rotatable bonds is 13. The van der Waals surface area contributed by atoms with E-state index in [9.17, 15) is 18.9 Å². The number of ether oxygens (including phenoxy) is 8. The summed E-state index contributed by atoms with van der Waals surface area (Å²) in [5, 5.41) is 0. The molecule has 0 saturated carbocycles. The van der Waals surface area contributed by atoms with Gasteiger partial charge in [0.1, 0.15) is 77.0 Å². The van der Waals surface area contributed by atoms with Crippen LogP contribution in [0.15, 0.2) is 0 Å². The van der Waals surface area contributed by atoms with E-state index in [0.29, 0.717) is 0 Å². The first-order chi connectivity index (χ1) is 19.3. The Labute approximate surface area is 239 Å². The largest absolute Gasteiger partial charge is 0.472 e. The Kier molecular flexibility index (Phi) is 8.24. The molecule has 14 atom stereocenters. The average Bonchev–Trinajstić information content (AvgIpc) is 3.69. The molecule has 6 radical (unpaired) electrons. The summed E-state index contributed by atoms with van der Waals surface area (Å²) >= 11 is 0. The molecule has 6 heterocycles. The Hall–Kier alpha value is 0.0948. The van der Waals surface area contributed by atoms with Crippen LogP contribution in [-0.2, 0) is 65.1 Å². The zero-order valence-corrected chi connectivity index (χ0v) is 24.0. The molecule has 6 fully saturated rings. The van der Waals surface area contributed by atoms with Gasteiger partial charge in [-0.25, -0.2) is 9.13 Å². The topological polar surface area (TPSA) is 185 Å². The van der Waals surface area contributed by atoms with Crippen LogP contribution in [0, 0.1) is 0 Å². The Morgan fingerprint density at radius 3 is 1.41 bits per heavy atom. The minimum atomic E-state index is -4.84. The van der Waals surface area contributed by atoms with Crippen LogP contribution in [-0.4, -0.2) is 159 Å². The highest BCUT2D eigenvalue weighted by molar-refractivity contribution is 7.47. The highest BCUT2D eigenvalue weighted by Gasteiger charge is 2.66. The van der Waals surface area contributed by atoms with Crippen molar-refractivity contribution >= 4 is 39.2 Å². The lowest BCUT2D eigenvalue weighted by Gasteiger charge is -2.33. The minimum absolute atomic E-state index is 0.0167. The van der Waals surface area contributed by atoms with E-state index >= 15 is 0 Å². The molecular weight excluding hydrogens is 591 g/mol. The van der Waals surface area contributed by atoms with Gasteiger partial charge in [-0.2, -0.15) is 0 Å². The van der Waals surface area contributed by atoms with Gasteiger partial charge in [0.05, 0.1) is 39.6 Å². The Bertz CT molecular complexity index is 1110. The number of methoxy groups -OCH3 is 2. The highest BCUT2D eigenvalue weighted by atomic mass is 31.2. The molecule has 6 aliphatic heterocycles. The summed E-state index contributed by atoms with van der Waals surface area (Å²) in [5.74, 6) is 0. The van der Waals surface area contributed by atoms with Gasteiger partial charge in [-0.05, 0) is 0 Å². The number of phosphoric ester groups is 2. The van der Waals surface area contributed by atoms with E-state index in [2.05, 4.69) is 0 Å². The van der Waals surface area contributed by atoms with Gasteiger partial charge in [-0.1, -0.05) is 0 Å². The third kappa shape index (κ3) is 5.27. The number of fused-ring (bicyclic) bond motifs is 6. The third-order valence-electron chi connectivity index (χ3n) is 8.17. The fraction of sp³-hybridized carbons (Fsp3) is 1.00. The highest BCUT2D eigenvalue weighted by Crippen LogP contribution is 2.57. The fourth-order valence-corrected chi connectivity index (χ4v) is 8.43. The quantitative estimate of drug-likeness (QED) is 0.165. The Balaban J connectivity index is 1.11. The molecule has 224 valence electrons. The molecule has 0 amide bonds. The smallest absolute Gasteiger partial charge is 0.381 e. The van der Waals surface area contributed by atoms with Crippen LogP contribution in [0.5, 0.6) is 0 Å². The van der Waals surface area contributed by atoms with Crippen LogP contribution in [0.4, 0.5) is 0 Å². The van der Waals surface area contributed by atoms with Gasteiger partial charge < -0.3 is 47.7 Å². The second-order valence-electron chi connectivity index (χ2n) is 10.9. The van der Waals surface area contributed by atoms with Gasteiger partial charge in [-0.3, -0.25) is 18.1 Å². The monoisotopic (exact) mass is 620 g/mol. The molecule has 2 N–H and O–H groups in total. The third-order valence-corrected chi connectivity index (χ3v) is 10.1. The molecule has 6 rings (SSSR count). The van der Waals surface area contributed by atoms with Crippen LogP contribution in [0.25, 0.3) is 0 Å². The van der Waals surface area contributed by atoms with E-state index in [4.69, 9.17) is 79.5 Å². The Morgan fingerprint density at radius 2 is 1.05 bits per heavy atom. The van der Waals surface area contributed by atoms with E-state index in [1.165, 1.54) is 14.2 Å². The molecule has 21 heteroatoms. The number of phosphoric acid groups is 2. The zero-order chi connectivity index (χ0) is 29.4. The summed E-state index contributed by atoms with van der Waals surface area (Å²) in [7, 11) is 11.0. The molecule has 6 saturated heterocycles. The van der Waals surface area contributed by atoms with Crippen molar-refractivity contribution in [3.8, 4) is 0 Å². The number of hydrogen-bond donors (Lipinski definition) is 2. The molecule has 41 heavy (non-hydrogen) atoms. The van der Waals surface area contributed by atoms with Crippen molar-refractivity contribution < 1.29 is 74.9 Å². The maximum absolute atomic E-state index is 13.1.